The van der Waals surface area contributed by atoms with Crippen molar-refractivity contribution >= 4 is 21.7 Å². The Bertz CT molecular complexity index is 924. The lowest BCUT2D eigenvalue weighted by atomic mass is 9.81. The third-order valence-electron chi connectivity index (χ3n) is 5.42. The summed E-state index contributed by atoms with van der Waals surface area (Å²) in [4.78, 5) is 25.8. The van der Waals surface area contributed by atoms with Crippen molar-refractivity contribution in [1.29, 1.82) is 0 Å². The molecule has 2 saturated heterocycles. The van der Waals surface area contributed by atoms with E-state index in [1.54, 1.807) is 0 Å². The topological polar surface area (TPSA) is 110 Å². The van der Waals surface area contributed by atoms with Crippen LogP contribution in [0.25, 0.3) is 0 Å². The van der Waals surface area contributed by atoms with Crippen molar-refractivity contribution in [2.24, 2.45) is 11.1 Å². The van der Waals surface area contributed by atoms with Crippen LogP contribution < -0.4 is 11.1 Å². The Balaban J connectivity index is 2.00. The molecule has 0 aliphatic carbocycles. The van der Waals surface area contributed by atoms with Gasteiger partial charge in [-0.3, -0.25) is 9.59 Å². The summed E-state index contributed by atoms with van der Waals surface area (Å²) in [6.07, 6.45) is -3.28. The summed E-state index contributed by atoms with van der Waals surface area (Å²) in [5.74, 6) is -1.30. The Morgan fingerprint density at radius 2 is 2.00 bits per heavy atom. The fraction of sp³-hybridized carbons (Fsp3) is 0.529. The van der Waals surface area contributed by atoms with Gasteiger partial charge in [-0.05, 0) is 37.1 Å². The number of rotatable bonds is 4. The smallest absolute Gasteiger partial charge is 0.369 e. The number of hydrogen-bond donors (Lipinski definition) is 2. The molecule has 2 aliphatic heterocycles. The van der Waals surface area contributed by atoms with Gasteiger partial charge in [-0.25, -0.2) is 8.42 Å². The number of nitrogens with zero attached hydrogens (tertiary/aromatic N) is 1. The molecule has 154 valence electrons. The average Bonchev–Trinajstić information content (AvgIpc) is 3.03. The molecule has 2 atom stereocenters. The third kappa shape index (κ3) is 3.37. The van der Waals surface area contributed by atoms with Gasteiger partial charge in [-0.15, -0.1) is 0 Å². The first-order valence-corrected chi connectivity index (χ1v) is 10.5. The lowest BCUT2D eigenvalue weighted by Crippen LogP contribution is -2.57. The van der Waals surface area contributed by atoms with Crippen molar-refractivity contribution in [2.75, 3.05) is 25.9 Å². The molecule has 2 unspecified atom stereocenters. The van der Waals surface area contributed by atoms with Crippen LogP contribution in [-0.2, 0) is 25.6 Å². The van der Waals surface area contributed by atoms with E-state index < -0.39 is 49.7 Å². The minimum atomic E-state index is -4.70. The van der Waals surface area contributed by atoms with Crippen LogP contribution in [0.2, 0.25) is 0 Å². The van der Waals surface area contributed by atoms with Gasteiger partial charge in [0, 0.05) is 19.3 Å². The van der Waals surface area contributed by atoms with Crippen LogP contribution >= 0.6 is 0 Å². The van der Waals surface area contributed by atoms with Gasteiger partial charge >= 0.3 is 6.18 Å². The molecule has 3 rings (SSSR count). The number of benzene rings is 1. The zero-order valence-electron chi connectivity index (χ0n) is 15.0. The highest BCUT2D eigenvalue weighted by molar-refractivity contribution is 7.90. The molecule has 1 aromatic carbocycles. The average molecular weight is 419 g/mol. The van der Waals surface area contributed by atoms with E-state index in [2.05, 4.69) is 5.32 Å². The predicted octanol–water partition coefficient (Wildman–Crippen LogP) is 0.847. The van der Waals surface area contributed by atoms with Crippen molar-refractivity contribution in [3.63, 3.8) is 0 Å². The maximum atomic E-state index is 13.0. The summed E-state index contributed by atoms with van der Waals surface area (Å²) in [7, 11) is -3.98. The normalized spacial score (nSPS) is 25.4. The van der Waals surface area contributed by atoms with Crippen LogP contribution in [0, 0.1) is 5.41 Å². The van der Waals surface area contributed by atoms with E-state index in [1.165, 1.54) is 4.90 Å². The highest BCUT2D eigenvalue weighted by Crippen LogP contribution is 2.42. The lowest BCUT2D eigenvalue weighted by Gasteiger charge is -2.45. The molecule has 11 heteroatoms. The number of amides is 2. The molecule has 0 bridgehead atoms. The molecule has 1 aromatic rings. The van der Waals surface area contributed by atoms with E-state index in [-0.39, 0.29) is 25.1 Å². The van der Waals surface area contributed by atoms with Crippen LogP contribution in [0.3, 0.4) is 0 Å². The second kappa shape index (κ2) is 6.73. The van der Waals surface area contributed by atoms with Crippen LogP contribution in [0.1, 0.15) is 30.0 Å². The molecular formula is C17H20F3N3O4S. The lowest BCUT2D eigenvalue weighted by molar-refractivity contribution is -0.155. The predicted molar refractivity (Wildman–Crippen MR) is 92.7 cm³/mol. The van der Waals surface area contributed by atoms with E-state index >= 15 is 0 Å². The van der Waals surface area contributed by atoms with Crippen molar-refractivity contribution in [1.82, 2.24) is 10.2 Å². The molecule has 0 saturated carbocycles. The quantitative estimate of drug-likeness (QED) is 0.703. The maximum Gasteiger partial charge on any atom is 0.416 e. The minimum Gasteiger partial charge on any atom is -0.369 e. The summed E-state index contributed by atoms with van der Waals surface area (Å²) in [6, 6.07) is 1.75. The Kier molecular flexibility index (Phi) is 4.95. The van der Waals surface area contributed by atoms with Crippen molar-refractivity contribution in [3.05, 3.63) is 29.3 Å². The highest BCUT2D eigenvalue weighted by Gasteiger charge is 2.52. The summed E-state index contributed by atoms with van der Waals surface area (Å²) in [5, 5.41) is 2.92. The van der Waals surface area contributed by atoms with Crippen LogP contribution in [-0.4, -0.2) is 51.0 Å². The number of nitrogens with two attached hydrogens (primary N) is 1. The largest absolute Gasteiger partial charge is 0.416 e. The number of hydrogen-bond acceptors (Lipinski definition) is 5. The Morgan fingerprint density at radius 1 is 1.32 bits per heavy atom. The fourth-order valence-corrected chi connectivity index (χ4v) is 4.70. The SMILES string of the molecule is CS(=O)(=O)c1cc(C(F)(F)F)ccc1C1CCN1C(=O)C1(C(N)=O)CCNC1. The number of primary amides is 1. The van der Waals surface area contributed by atoms with E-state index in [4.69, 9.17) is 5.73 Å². The number of sulfone groups is 1. The Labute approximate surface area is 160 Å². The second-order valence-corrected chi connectivity index (χ2v) is 9.18. The van der Waals surface area contributed by atoms with Gasteiger partial charge in [-0.2, -0.15) is 13.2 Å². The van der Waals surface area contributed by atoms with Crippen molar-refractivity contribution in [3.8, 4) is 0 Å². The van der Waals surface area contributed by atoms with Crippen molar-refractivity contribution in [2.45, 2.75) is 30.0 Å². The third-order valence-corrected chi connectivity index (χ3v) is 6.57. The first-order valence-electron chi connectivity index (χ1n) is 8.61. The van der Waals surface area contributed by atoms with Gasteiger partial charge in [0.2, 0.25) is 11.8 Å². The summed E-state index contributed by atoms with van der Waals surface area (Å²) >= 11 is 0. The van der Waals surface area contributed by atoms with E-state index in [1.807, 2.05) is 0 Å². The van der Waals surface area contributed by atoms with E-state index in [0.29, 0.717) is 19.0 Å². The van der Waals surface area contributed by atoms with E-state index in [0.717, 1.165) is 18.4 Å². The molecule has 2 heterocycles. The van der Waals surface area contributed by atoms with Crippen LogP contribution in [0.5, 0.6) is 0 Å². The zero-order chi connectivity index (χ0) is 20.9. The van der Waals surface area contributed by atoms with E-state index in [9.17, 15) is 31.2 Å². The number of carbonyl (C=O) groups is 2. The monoisotopic (exact) mass is 419 g/mol. The number of carbonyl (C=O) groups excluding carboxylic acids is 2. The van der Waals surface area contributed by atoms with Gasteiger partial charge in [0.05, 0.1) is 16.5 Å². The standard InChI is InChI=1S/C17H20F3N3O4S/c1-28(26,27)13-8-10(17(18,19)20)2-3-11(13)12-4-7-23(12)15(25)16(14(21)24)5-6-22-9-16/h2-3,8,12,22H,4-7,9H2,1H3,(H2,21,24). The van der Waals surface area contributed by atoms with Gasteiger partial charge in [0.25, 0.3) is 0 Å². The number of alkyl halides is 3. The molecule has 2 amide bonds. The van der Waals surface area contributed by atoms with Gasteiger partial charge in [0.1, 0.15) is 5.41 Å². The molecular weight excluding hydrogens is 399 g/mol. The summed E-state index contributed by atoms with van der Waals surface area (Å²) < 4.78 is 63.3. The zero-order valence-corrected chi connectivity index (χ0v) is 15.9. The molecule has 3 N–H and O–H groups in total. The van der Waals surface area contributed by atoms with Gasteiger partial charge in [-0.1, -0.05) is 6.07 Å². The van der Waals surface area contributed by atoms with Gasteiger partial charge < -0.3 is 16.0 Å². The van der Waals surface area contributed by atoms with Gasteiger partial charge in [0.15, 0.2) is 9.84 Å². The van der Waals surface area contributed by atoms with Crippen molar-refractivity contribution < 1.29 is 31.2 Å². The first-order chi connectivity index (χ1) is 12.9. The Morgan fingerprint density at radius 3 is 2.43 bits per heavy atom. The number of likely N-dealkylation sites (tertiary alicyclic amines) is 1. The summed E-state index contributed by atoms with van der Waals surface area (Å²) in [6.45, 7) is 0.779. The first kappa shape index (κ1) is 20.6. The molecule has 0 aromatic heterocycles. The van der Waals surface area contributed by atoms with Crippen LogP contribution in [0.15, 0.2) is 23.1 Å². The number of nitrogens with one attached hydrogen (secondary N) is 1. The van der Waals surface area contributed by atoms with Crippen LogP contribution in [0.4, 0.5) is 13.2 Å². The summed E-state index contributed by atoms with van der Waals surface area (Å²) in [5.41, 5.74) is 3.06. The molecule has 2 aliphatic rings. The Hall–Kier alpha value is -2.14. The molecule has 2 fully saturated rings. The fourth-order valence-electron chi connectivity index (χ4n) is 3.73. The second-order valence-electron chi connectivity index (χ2n) is 7.20. The molecule has 7 nitrogen and oxygen atoms in total. The molecule has 28 heavy (non-hydrogen) atoms. The minimum absolute atomic E-state index is 0.0797. The highest BCUT2D eigenvalue weighted by atomic mass is 32.2. The number of halogens is 3. The molecule has 0 radical (unpaired) electrons. The maximum absolute atomic E-state index is 13.0. The molecule has 0 spiro atoms.